The van der Waals surface area contributed by atoms with Crippen molar-refractivity contribution in [3.8, 4) is 11.5 Å². The maximum Gasteiger partial charge on any atom is 0.115 e. The number of benzene rings is 5. The zero-order chi connectivity index (χ0) is 23.3. The van der Waals surface area contributed by atoms with Crippen molar-refractivity contribution in [1.82, 2.24) is 0 Å². The molecule has 0 aromatic heterocycles. The summed E-state index contributed by atoms with van der Waals surface area (Å²) in [5.74, 6) is 0.471. The average Bonchev–Trinajstić information content (AvgIpc) is 2.89. The largest absolute Gasteiger partial charge is 0.508 e. The monoisotopic (exact) mass is 444 g/mol. The summed E-state index contributed by atoms with van der Waals surface area (Å²) in [6, 6.07) is 43.1. The first kappa shape index (κ1) is 21.2. The molecule has 0 spiro atoms. The summed E-state index contributed by atoms with van der Waals surface area (Å²) in [4.78, 5) is 4.30. The Morgan fingerprint density at radius 2 is 0.529 bits per heavy atom. The lowest BCUT2D eigenvalue weighted by Gasteiger charge is -2.28. The Morgan fingerprint density at radius 3 is 0.824 bits per heavy atom. The van der Waals surface area contributed by atoms with Crippen molar-refractivity contribution in [3.05, 3.63) is 133 Å². The van der Waals surface area contributed by atoms with Gasteiger partial charge in [-0.15, -0.1) is 0 Å². The zero-order valence-electron chi connectivity index (χ0n) is 18.5. The van der Waals surface area contributed by atoms with E-state index < -0.39 is 0 Å². The first-order chi connectivity index (χ1) is 16.7. The van der Waals surface area contributed by atoms with Gasteiger partial charge in [0.05, 0.1) is 0 Å². The first-order valence-corrected chi connectivity index (χ1v) is 11.1. The van der Waals surface area contributed by atoms with Crippen LogP contribution in [-0.2, 0) is 0 Å². The summed E-state index contributed by atoms with van der Waals surface area (Å²) in [7, 11) is 0. The Bertz CT molecular complexity index is 1230. The molecule has 5 rings (SSSR count). The van der Waals surface area contributed by atoms with E-state index in [4.69, 9.17) is 0 Å². The van der Waals surface area contributed by atoms with Crippen LogP contribution in [0.5, 0.6) is 11.5 Å². The van der Waals surface area contributed by atoms with Gasteiger partial charge in [-0.25, -0.2) is 0 Å². The molecule has 0 saturated heterocycles. The summed E-state index contributed by atoms with van der Waals surface area (Å²) >= 11 is 0. The molecule has 0 aliphatic carbocycles. The fourth-order valence-corrected chi connectivity index (χ4v) is 4.00. The first-order valence-electron chi connectivity index (χ1n) is 11.1. The number of aromatic hydroxyl groups is 2. The summed E-state index contributed by atoms with van der Waals surface area (Å²) in [6.45, 7) is 0. The van der Waals surface area contributed by atoms with Crippen LogP contribution >= 0.6 is 0 Å². The van der Waals surface area contributed by atoms with E-state index in [1.165, 1.54) is 0 Å². The highest BCUT2D eigenvalue weighted by molar-refractivity contribution is 5.81. The molecule has 0 aliphatic heterocycles. The van der Waals surface area contributed by atoms with E-state index >= 15 is 0 Å². The van der Waals surface area contributed by atoms with Gasteiger partial charge in [0.15, 0.2) is 0 Å². The van der Waals surface area contributed by atoms with Crippen LogP contribution < -0.4 is 9.80 Å². The van der Waals surface area contributed by atoms with Crippen LogP contribution in [-0.4, -0.2) is 10.2 Å². The summed E-state index contributed by atoms with van der Waals surface area (Å²) in [5, 5.41) is 19.5. The molecular formula is C30H24N2O2. The minimum atomic E-state index is 0.236. The van der Waals surface area contributed by atoms with E-state index in [0.717, 1.165) is 34.1 Å². The van der Waals surface area contributed by atoms with Gasteiger partial charge in [-0.05, 0) is 97.1 Å². The Kier molecular flexibility index (Phi) is 5.87. The predicted molar refractivity (Wildman–Crippen MR) is 139 cm³/mol. The topological polar surface area (TPSA) is 46.9 Å². The second-order valence-corrected chi connectivity index (χ2v) is 7.89. The van der Waals surface area contributed by atoms with E-state index in [9.17, 15) is 10.2 Å². The Hall–Kier alpha value is -4.70. The molecule has 4 nitrogen and oxygen atoms in total. The Morgan fingerprint density at radius 1 is 0.294 bits per heavy atom. The third-order valence-electron chi connectivity index (χ3n) is 5.61. The maximum atomic E-state index is 9.77. The van der Waals surface area contributed by atoms with Crippen molar-refractivity contribution >= 4 is 34.1 Å². The molecule has 166 valence electrons. The number of anilines is 6. The van der Waals surface area contributed by atoms with Gasteiger partial charge >= 0.3 is 0 Å². The van der Waals surface area contributed by atoms with Crippen molar-refractivity contribution in [2.45, 2.75) is 0 Å². The number of hydrogen-bond acceptors (Lipinski definition) is 4. The lowest BCUT2D eigenvalue weighted by Crippen LogP contribution is -2.12. The lowest BCUT2D eigenvalue weighted by atomic mass is 10.1. The van der Waals surface area contributed by atoms with Crippen LogP contribution in [0.4, 0.5) is 34.1 Å². The van der Waals surface area contributed by atoms with E-state index in [1.807, 2.05) is 60.7 Å². The number of hydrogen-bond donors (Lipinski definition) is 2. The molecule has 0 unspecified atom stereocenters. The van der Waals surface area contributed by atoms with E-state index in [-0.39, 0.29) is 11.5 Å². The molecule has 0 amide bonds. The number of nitrogens with zero attached hydrogens (tertiary/aromatic N) is 2. The smallest absolute Gasteiger partial charge is 0.115 e. The Labute approximate surface area is 199 Å². The second kappa shape index (κ2) is 9.43. The molecule has 4 heteroatoms. The van der Waals surface area contributed by atoms with Crippen molar-refractivity contribution in [1.29, 1.82) is 0 Å². The summed E-state index contributed by atoms with van der Waals surface area (Å²) in [6.07, 6.45) is 0. The third-order valence-corrected chi connectivity index (χ3v) is 5.61. The normalized spacial score (nSPS) is 10.6. The summed E-state index contributed by atoms with van der Waals surface area (Å²) in [5.41, 5.74) is 5.96. The molecule has 2 N–H and O–H groups in total. The highest BCUT2D eigenvalue weighted by atomic mass is 16.3. The van der Waals surface area contributed by atoms with Crippen LogP contribution in [0.3, 0.4) is 0 Å². The maximum absolute atomic E-state index is 9.77. The van der Waals surface area contributed by atoms with Crippen molar-refractivity contribution in [2.75, 3.05) is 9.80 Å². The SMILES string of the molecule is Oc1ccc(N(c2ccccc2)c2ccc(N(c3ccccc3)c3ccc(O)cc3)cc2)cc1. The molecule has 0 fully saturated rings. The standard InChI is InChI=1S/C30H24N2O2/c33-29-19-15-27(16-20-29)31(23-7-3-1-4-8-23)25-11-13-26(14-12-25)32(24-9-5-2-6-10-24)28-17-21-30(34)22-18-28/h1-22,33-34H. The Balaban J connectivity index is 1.57. The van der Waals surface area contributed by atoms with Gasteiger partial charge in [-0.2, -0.15) is 0 Å². The van der Waals surface area contributed by atoms with Gasteiger partial charge in [0.25, 0.3) is 0 Å². The van der Waals surface area contributed by atoms with Gasteiger partial charge in [0, 0.05) is 34.1 Å². The minimum Gasteiger partial charge on any atom is -0.508 e. The molecule has 0 atom stereocenters. The van der Waals surface area contributed by atoms with E-state index in [0.29, 0.717) is 0 Å². The molecule has 0 saturated carbocycles. The quantitative estimate of drug-likeness (QED) is 0.278. The van der Waals surface area contributed by atoms with Gasteiger partial charge in [0.2, 0.25) is 0 Å². The fraction of sp³-hybridized carbons (Fsp3) is 0. The number of rotatable bonds is 6. The molecule has 34 heavy (non-hydrogen) atoms. The van der Waals surface area contributed by atoms with Gasteiger partial charge < -0.3 is 20.0 Å². The van der Waals surface area contributed by atoms with E-state index in [1.54, 1.807) is 24.3 Å². The summed E-state index contributed by atoms with van der Waals surface area (Å²) < 4.78 is 0. The van der Waals surface area contributed by atoms with Gasteiger partial charge in [-0.1, -0.05) is 36.4 Å². The van der Waals surface area contributed by atoms with E-state index in [2.05, 4.69) is 58.3 Å². The lowest BCUT2D eigenvalue weighted by molar-refractivity contribution is 0.475. The van der Waals surface area contributed by atoms with Crippen LogP contribution in [0, 0.1) is 0 Å². The molecule has 0 bridgehead atoms. The van der Waals surface area contributed by atoms with Crippen molar-refractivity contribution in [2.24, 2.45) is 0 Å². The van der Waals surface area contributed by atoms with Gasteiger partial charge in [-0.3, -0.25) is 0 Å². The molecule has 5 aromatic carbocycles. The molecule has 5 aromatic rings. The van der Waals surface area contributed by atoms with Crippen LogP contribution in [0.1, 0.15) is 0 Å². The van der Waals surface area contributed by atoms with Crippen LogP contribution in [0.15, 0.2) is 133 Å². The highest BCUT2D eigenvalue weighted by Crippen LogP contribution is 2.39. The molecule has 0 radical (unpaired) electrons. The number of phenolic OH excluding ortho intramolecular Hbond substituents is 2. The molecular weight excluding hydrogens is 420 g/mol. The molecule has 0 heterocycles. The number of phenols is 2. The van der Waals surface area contributed by atoms with Crippen molar-refractivity contribution < 1.29 is 10.2 Å². The fourth-order valence-electron chi connectivity index (χ4n) is 4.00. The van der Waals surface area contributed by atoms with Crippen LogP contribution in [0.25, 0.3) is 0 Å². The van der Waals surface area contributed by atoms with Crippen molar-refractivity contribution in [3.63, 3.8) is 0 Å². The second-order valence-electron chi connectivity index (χ2n) is 7.89. The average molecular weight is 445 g/mol. The predicted octanol–water partition coefficient (Wildman–Crippen LogP) is 8.04. The third kappa shape index (κ3) is 4.43. The zero-order valence-corrected chi connectivity index (χ0v) is 18.5. The molecule has 0 aliphatic rings. The number of para-hydroxylation sites is 2. The van der Waals surface area contributed by atoms with Crippen LogP contribution in [0.2, 0.25) is 0 Å². The highest BCUT2D eigenvalue weighted by Gasteiger charge is 2.15. The minimum absolute atomic E-state index is 0.236. The van der Waals surface area contributed by atoms with Gasteiger partial charge in [0.1, 0.15) is 11.5 Å².